The van der Waals surface area contributed by atoms with Gasteiger partial charge in [-0.1, -0.05) is 24.3 Å². The van der Waals surface area contributed by atoms with Crippen LogP contribution in [-0.2, 0) is 9.84 Å². The molecule has 0 spiro atoms. The molecular formula is C17H15NO4S. The average molecular weight is 329 g/mol. The highest BCUT2D eigenvalue weighted by Gasteiger charge is 2.20. The van der Waals surface area contributed by atoms with Crippen LogP contribution < -0.4 is 9.47 Å². The third-order valence-corrected chi connectivity index (χ3v) is 4.84. The molecule has 2 rings (SSSR count). The normalized spacial score (nSPS) is 11.6. The van der Waals surface area contributed by atoms with E-state index in [1.165, 1.54) is 32.4 Å². The van der Waals surface area contributed by atoms with Gasteiger partial charge in [-0.2, -0.15) is 5.26 Å². The van der Waals surface area contributed by atoms with E-state index in [9.17, 15) is 13.7 Å². The topological polar surface area (TPSA) is 76.4 Å². The van der Waals surface area contributed by atoms with Gasteiger partial charge in [0.05, 0.1) is 19.1 Å². The van der Waals surface area contributed by atoms with Crippen LogP contribution in [0.3, 0.4) is 0 Å². The van der Waals surface area contributed by atoms with Crippen LogP contribution in [0.1, 0.15) is 5.56 Å². The summed E-state index contributed by atoms with van der Waals surface area (Å²) in [5, 5.41) is 9.26. The molecule has 0 atom stereocenters. The van der Waals surface area contributed by atoms with Crippen molar-refractivity contribution in [1.29, 1.82) is 5.26 Å². The molecule has 0 saturated heterocycles. The summed E-state index contributed by atoms with van der Waals surface area (Å²) in [6.07, 6.45) is 1.31. The molecule has 0 aromatic heterocycles. The van der Waals surface area contributed by atoms with Gasteiger partial charge in [0.1, 0.15) is 11.0 Å². The van der Waals surface area contributed by atoms with Crippen LogP contribution in [0.2, 0.25) is 0 Å². The lowest BCUT2D eigenvalue weighted by Crippen LogP contribution is -2.03. The summed E-state index contributed by atoms with van der Waals surface area (Å²) in [4.78, 5) is -0.260. The summed E-state index contributed by atoms with van der Waals surface area (Å²) >= 11 is 0. The summed E-state index contributed by atoms with van der Waals surface area (Å²) < 4.78 is 35.3. The van der Waals surface area contributed by atoms with Gasteiger partial charge in [-0.15, -0.1) is 0 Å². The van der Waals surface area contributed by atoms with Crippen molar-refractivity contribution in [3.05, 3.63) is 59.0 Å². The highest BCUT2D eigenvalue weighted by molar-refractivity contribution is 7.95. The number of nitrogens with zero attached hydrogens (tertiary/aromatic N) is 1. The number of rotatable bonds is 5. The smallest absolute Gasteiger partial charge is 0.216 e. The van der Waals surface area contributed by atoms with Crippen molar-refractivity contribution in [1.82, 2.24) is 0 Å². The minimum absolute atomic E-state index is 0.0771. The summed E-state index contributed by atoms with van der Waals surface area (Å²) in [6.45, 7) is 0. The van der Waals surface area contributed by atoms with Gasteiger partial charge >= 0.3 is 0 Å². The fourth-order valence-electron chi connectivity index (χ4n) is 1.99. The number of benzene rings is 2. The van der Waals surface area contributed by atoms with Gasteiger partial charge in [0.15, 0.2) is 11.5 Å². The largest absolute Gasteiger partial charge is 0.493 e. The number of ether oxygens (including phenoxy) is 2. The lowest BCUT2D eigenvalue weighted by Gasteiger charge is -2.08. The van der Waals surface area contributed by atoms with Crippen molar-refractivity contribution in [3.8, 4) is 17.6 Å². The van der Waals surface area contributed by atoms with Gasteiger partial charge in [-0.05, 0) is 35.9 Å². The van der Waals surface area contributed by atoms with E-state index in [1.807, 2.05) is 0 Å². The standard InChI is InChI=1S/C17H15NO4S/c1-21-16-9-8-13(11-17(16)22-2)10-15(12-18)23(19,20)14-6-4-3-5-7-14/h3-11H,1-2H3/b15-10+. The van der Waals surface area contributed by atoms with Crippen molar-refractivity contribution < 1.29 is 17.9 Å². The summed E-state index contributed by atoms with van der Waals surface area (Å²) in [7, 11) is -0.865. The molecule has 0 aliphatic rings. The predicted molar refractivity (Wildman–Crippen MR) is 86.8 cm³/mol. The molecule has 0 N–H and O–H groups in total. The SMILES string of the molecule is COc1ccc(/C=C(\C#N)S(=O)(=O)c2ccccc2)cc1OC. The minimum atomic E-state index is -3.86. The molecule has 23 heavy (non-hydrogen) atoms. The third kappa shape index (κ3) is 3.52. The Bertz CT molecular complexity index is 865. The molecule has 0 fully saturated rings. The molecular weight excluding hydrogens is 314 g/mol. The number of allylic oxidation sites excluding steroid dienone is 1. The summed E-state index contributed by atoms with van der Waals surface area (Å²) in [5.41, 5.74) is 0.527. The van der Waals surface area contributed by atoms with Crippen LogP contribution in [0, 0.1) is 11.3 Å². The van der Waals surface area contributed by atoms with Gasteiger partial charge in [0, 0.05) is 0 Å². The Balaban J connectivity index is 2.50. The fraction of sp³-hybridized carbons (Fsp3) is 0.118. The van der Waals surface area contributed by atoms with Gasteiger partial charge in [0.2, 0.25) is 9.84 Å². The monoisotopic (exact) mass is 329 g/mol. The molecule has 118 valence electrons. The maximum Gasteiger partial charge on any atom is 0.216 e. The third-order valence-electron chi connectivity index (χ3n) is 3.16. The Hall–Kier alpha value is -2.78. The first-order chi connectivity index (χ1) is 11.0. The highest BCUT2D eigenvalue weighted by Crippen LogP contribution is 2.29. The molecule has 0 unspecified atom stereocenters. The molecule has 0 aliphatic heterocycles. The Kier molecular flexibility index (Phi) is 5.04. The number of hydrogen-bond acceptors (Lipinski definition) is 5. The van der Waals surface area contributed by atoms with Crippen LogP contribution in [0.25, 0.3) is 6.08 Å². The Morgan fingerprint density at radius 1 is 1.04 bits per heavy atom. The van der Waals surface area contributed by atoms with Gasteiger partial charge < -0.3 is 9.47 Å². The van der Waals surface area contributed by atoms with Crippen LogP contribution in [0.4, 0.5) is 0 Å². The van der Waals surface area contributed by atoms with E-state index in [2.05, 4.69) is 0 Å². The average Bonchev–Trinajstić information content (AvgIpc) is 2.59. The Labute approximate surface area is 135 Å². The molecule has 0 radical (unpaired) electrons. The molecule has 6 heteroatoms. The Morgan fingerprint density at radius 3 is 2.26 bits per heavy atom. The first kappa shape index (κ1) is 16.6. The van der Waals surface area contributed by atoms with Gasteiger partial charge in [-0.3, -0.25) is 0 Å². The number of hydrogen-bond donors (Lipinski definition) is 0. The van der Waals surface area contributed by atoms with Crippen molar-refractivity contribution >= 4 is 15.9 Å². The number of sulfone groups is 1. The van der Waals surface area contributed by atoms with Crippen molar-refractivity contribution in [2.75, 3.05) is 14.2 Å². The van der Waals surface area contributed by atoms with Crippen LogP contribution in [0.5, 0.6) is 11.5 Å². The zero-order valence-electron chi connectivity index (χ0n) is 12.7. The molecule has 0 heterocycles. The summed E-state index contributed by atoms with van der Waals surface area (Å²) in [6, 6.07) is 14.5. The molecule has 5 nitrogen and oxygen atoms in total. The zero-order valence-corrected chi connectivity index (χ0v) is 13.5. The molecule has 2 aromatic rings. The van der Waals surface area contributed by atoms with Gasteiger partial charge in [-0.25, -0.2) is 8.42 Å². The minimum Gasteiger partial charge on any atom is -0.493 e. The zero-order chi connectivity index (χ0) is 16.9. The van der Waals surface area contributed by atoms with E-state index in [4.69, 9.17) is 9.47 Å². The van der Waals surface area contributed by atoms with E-state index in [-0.39, 0.29) is 9.80 Å². The van der Waals surface area contributed by atoms with Gasteiger partial charge in [0.25, 0.3) is 0 Å². The molecule has 0 amide bonds. The first-order valence-corrected chi connectivity index (χ1v) is 8.15. The maximum absolute atomic E-state index is 12.5. The van der Waals surface area contributed by atoms with E-state index in [0.717, 1.165) is 0 Å². The van der Waals surface area contributed by atoms with Crippen molar-refractivity contribution in [2.45, 2.75) is 4.90 Å². The van der Waals surface area contributed by atoms with Crippen molar-refractivity contribution in [2.24, 2.45) is 0 Å². The number of methoxy groups -OCH3 is 2. The number of nitriles is 1. The maximum atomic E-state index is 12.5. The second-order valence-corrected chi connectivity index (χ2v) is 6.47. The van der Waals surface area contributed by atoms with Crippen LogP contribution in [-0.4, -0.2) is 22.6 Å². The van der Waals surface area contributed by atoms with E-state index in [1.54, 1.807) is 42.5 Å². The fourth-order valence-corrected chi connectivity index (χ4v) is 3.17. The highest BCUT2D eigenvalue weighted by atomic mass is 32.2. The van der Waals surface area contributed by atoms with E-state index < -0.39 is 9.84 Å². The molecule has 2 aromatic carbocycles. The Morgan fingerprint density at radius 2 is 1.70 bits per heavy atom. The van der Waals surface area contributed by atoms with E-state index >= 15 is 0 Å². The van der Waals surface area contributed by atoms with Crippen molar-refractivity contribution in [3.63, 3.8) is 0 Å². The lowest BCUT2D eigenvalue weighted by atomic mass is 10.2. The predicted octanol–water partition coefficient (Wildman–Crippen LogP) is 3.04. The quantitative estimate of drug-likeness (QED) is 0.788. The van der Waals surface area contributed by atoms with Crippen LogP contribution in [0.15, 0.2) is 58.3 Å². The molecule has 0 aliphatic carbocycles. The molecule has 0 bridgehead atoms. The summed E-state index contributed by atoms with van der Waals surface area (Å²) in [5.74, 6) is 0.977. The molecule has 0 saturated carbocycles. The first-order valence-electron chi connectivity index (χ1n) is 6.67. The second-order valence-electron chi connectivity index (χ2n) is 4.55. The van der Waals surface area contributed by atoms with Crippen LogP contribution >= 0.6 is 0 Å². The lowest BCUT2D eigenvalue weighted by molar-refractivity contribution is 0.355. The second kappa shape index (κ2) is 6.99. The van der Waals surface area contributed by atoms with E-state index in [0.29, 0.717) is 17.1 Å².